The van der Waals surface area contributed by atoms with Crippen molar-refractivity contribution in [1.29, 1.82) is 0 Å². The number of anilines is 1. The van der Waals surface area contributed by atoms with Gasteiger partial charge in [0.25, 0.3) is 0 Å². The molecule has 1 N–H and O–H groups in total. The molecular weight excluding hydrogens is 420 g/mol. The number of thioether (sulfide) groups is 1. The number of amides is 1. The van der Waals surface area contributed by atoms with Crippen LogP contribution in [0.1, 0.15) is 23.3 Å². The van der Waals surface area contributed by atoms with Crippen LogP contribution in [-0.2, 0) is 11.2 Å². The van der Waals surface area contributed by atoms with Crippen molar-refractivity contribution in [2.75, 3.05) is 11.1 Å². The lowest BCUT2D eigenvalue weighted by Gasteiger charge is -2.13. The average molecular weight is 441 g/mol. The Morgan fingerprint density at radius 1 is 1.17 bits per heavy atom. The number of carbonyl (C=O) groups is 1. The number of hydrogen-bond donors (Lipinski definition) is 1. The number of hydrogen-bond acceptors (Lipinski definition) is 8. The van der Waals surface area contributed by atoms with Crippen molar-refractivity contribution in [3.05, 3.63) is 52.9 Å². The fourth-order valence-electron chi connectivity index (χ4n) is 3.03. The lowest BCUT2D eigenvalue weighted by molar-refractivity contribution is -0.113. The summed E-state index contributed by atoms with van der Waals surface area (Å²) in [5.41, 5.74) is 3.02. The van der Waals surface area contributed by atoms with Crippen LogP contribution < -0.4 is 5.32 Å². The highest BCUT2D eigenvalue weighted by molar-refractivity contribution is 7.99. The molecule has 0 aliphatic rings. The average Bonchev–Trinajstić information content (AvgIpc) is 3.46. The second-order valence-corrected chi connectivity index (χ2v) is 8.60. The largest absolute Gasteiger partial charge is 0.469 e. The van der Waals surface area contributed by atoms with Crippen molar-refractivity contribution < 1.29 is 9.21 Å². The summed E-state index contributed by atoms with van der Waals surface area (Å²) in [7, 11) is 0. The Hall–Kier alpha value is -2.98. The topological polar surface area (TPSA) is 98.7 Å². The Kier molecular flexibility index (Phi) is 5.96. The zero-order valence-electron chi connectivity index (χ0n) is 16.7. The summed E-state index contributed by atoms with van der Waals surface area (Å²) in [6.45, 7) is 5.84. The lowest BCUT2D eigenvalue weighted by Crippen LogP contribution is -2.14. The van der Waals surface area contributed by atoms with E-state index in [1.807, 2.05) is 42.7 Å². The van der Waals surface area contributed by atoms with Gasteiger partial charge in [-0.1, -0.05) is 48.2 Å². The minimum absolute atomic E-state index is 0.171. The monoisotopic (exact) mass is 440 g/mol. The molecule has 0 spiro atoms. The van der Waals surface area contributed by atoms with E-state index in [0.717, 1.165) is 34.0 Å². The van der Waals surface area contributed by atoms with E-state index in [1.165, 1.54) is 23.1 Å². The van der Waals surface area contributed by atoms with Crippen LogP contribution in [0.2, 0.25) is 0 Å². The zero-order valence-corrected chi connectivity index (χ0v) is 18.4. The number of aryl methyl sites for hydroxylation is 3. The molecule has 30 heavy (non-hydrogen) atoms. The van der Waals surface area contributed by atoms with E-state index in [-0.39, 0.29) is 11.7 Å². The van der Waals surface area contributed by atoms with Gasteiger partial charge < -0.3 is 4.42 Å². The molecule has 0 aliphatic heterocycles. The van der Waals surface area contributed by atoms with Gasteiger partial charge in [-0.15, -0.1) is 20.4 Å². The molecule has 4 rings (SSSR count). The maximum absolute atomic E-state index is 12.4. The Balaban J connectivity index is 1.65. The summed E-state index contributed by atoms with van der Waals surface area (Å²) in [4.78, 5) is 12.4. The number of rotatable bonds is 7. The molecule has 0 radical (unpaired) electrons. The summed E-state index contributed by atoms with van der Waals surface area (Å²) < 4.78 is 7.47. The Bertz CT molecular complexity index is 1180. The van der Waals surface area contributed by atoms with E-state index in [9.17, 15) is 4.79 Å². The third-order valence-corrected chi connectivity index (χ3v) is 6.13. The number of furan rings is 1. The van der Waals surface area contributed by atoms with Gasteiger partial charge >= 0.3 is 0 Å². The van der Waals surface area contributed by atoms with Gasteiger partial charge in [0.05, 0.1) is 23.3 Å². The minimum Gasteiger partial charge on any atom is -0.469 e. The number of aromatic nitrogens is 5. The van der Waals surface area contributed by atoms with Crippen molar-refractivity contribution in [2.24, 2.45) is 0 Å². The van der Waals surface area contributed by atoms with Crippen LogP contribution in [0.3, 0.4) is 0 Å². The molecule has 154 valence electrons. The molecule has 0 saturated carbocycles. The standard InChI is InChI=1S/C20H20N6O2S2/c1-4-14-7-5-6-8-16(14)26-18(15-9-10-28-12(15)2)23-25-20(26)29-11-17(27)21-19-24-22-13(3)30-19/h5-10H,4,11H2,1-3H3,(H,21,24,27). The van der Waals surface area contributed by atoms with Crippen molar-refractivity contribution in [3.63, 3.8) is 0 Å². The highest BCUT2D eigenvalue weighted by Gasteiger charge is 2.21. The second-order valence-electron chi connectivity index (χ2n) is 6.48. The Morgan fingerprint density at radius 2 is 2.00 bits per heavy atom. The predicted octanol–water partition coefficient (Wildman–Crippen LogP) is 4.29. The predicted molar refractivity (Wildman–Crippen MR) is 117 cm³/mol. The van der Waals surface area contributed by atoms with E-state index in [4.69, 9.17) is 4.42 Å². The van der Waals surface area contributed by atoms with Gasteiger partial charge in [0, 0.05) is 0 Å². The molecule has 3 aromatic heterocycles. The molecular formula is C20H20N6O2S2. The minimum atomic E-state index is -0.171. The van der Waals surface area contributed by atoms with E-state index in [1.54, 1.807) is 6.26 Å². The molecule has 0 atom stereocenters. The van der Waals surface area contributed by atoms with Crippen LogP contribution in [0, 0.1) is 13.8 Å². The first-order valence-electron chi connectivity index (χ1n) is 9.37. The molecule has 3 heterocycles. The third-order valence-electron chi connectivity index (χ3n) is 4.45. The lowest BCUT2D eigenvalue weighted by atomic mass is 10.1. The molecule has 8 nitrogen and oxygen atoms in total. The van der Waals surface area contributed by atoms with Crippen molar-refractivity contribution >= 4 is 34.1 Å². The first-order chi connectivity index (χ1) is 14.6. The highest BCUT2D eigenvalue weighted by Crippen LogP contribution is 2.31. The summed E-state index contributed by atoms with van der Waals surface area (Å²) in [6, 6.07) is 10.00. The molecule has 1 amide bonds. The highest BCUT2D eigenvalue weighted by atomic mass is 32.2. The summed E-state index contributed by atoms with van der Waals surface area (Å²) in [5.74, 6) is 1.45. The number of carbonyl (C=O) groups excluding carboxylic acids is 1. The molecule has 0 unspecified atom stereocenters. The molecule has 0 bridgehead atoms. The van der Waals surface area contributed by atoms with E-state index in [2.05, 4.69) is 38.7 Å². The maximum Gasteiger partial charge on any atom is 0.236 e. The van der Waals surface area contributed by atoms with Crippen LogP contribution in [0.5, 0.6) is 0 Å². The molecule has 4 aromatic rings. The van der Waals surface area contributed by atoms with Gasteiger partial charge in [-0.25, -0.2) is 0 Å². The van der Waals surface area contributed by atoms with Crippen molar-refractivity contribution in [2.45, 2.75) is 32.3 Å². The van der Waals surface area contributed by atoms with Gasteiger partial charge in [-0.3, -0.25) is 14.7 Å². The molecule has 10 heteroatoms. The first kappa shape index (κ1) is 20.3. The quantitative estimate of drug-likeness (QED) is 0.428. The summed E-state index contributed by atoms with van der Waals surface area (Å²) >= 11 is 2.66. The van der Waals surface area contributed by atoms with Gasteiger partial charge in [0.1, 0.15) is 10.8 Å². The van der Waals surface area contributed by atoms with Gasteiger partial charge in [-0.05, 0) is 38.0 Å². The Labute approximate surface area is 181 Å². The smallest absolute Gasteiger partial charge is 0.236 e. The summed E-state index contributed by atoms with van der Waals surface area (Å²) in [5, 5.41) is 21.3. The van der Waals surface area contributed by atoms with Gasteiger partial charge in [-0.2, -0.15) is 0 Å². The van der Waals surface area contributed by atoms with Crippen LogP contribution in [0.15, 0.2) is 46.2 Å². The van der Waals surface area contributed by atoms with Crippen LogP contribution >= 0.6 is 23.1 Å². The fraction of sp³-hybridized carbons (Fsp3) is 0.250. The van der Waals surface area contributed by atoms with E-state index < -0.39 is 0 Å². The van der Waals surface area contributed by atoms with Crippen LogP contribution in [0.25, 0.3) is 17.1 Å². The van der Waals surface area contributed by atoms with Gasteiger partial charge in [0.15, 0.2) is 11.0 Å². The Morgan fingerprint density at radius 3 is 2.70 bits per heavy atom. The summed E-state index contributed by atoms with van der Waals surface area (Å²) in [6.07, 6.45) is 2.50. The van der Waals surface area contributed by atoms with E-state index >= 15 is 0 Å². The number of nitrogens with one attached hydrogen (secondary N) is 1. The normalized spacial score (nSPS) is 11.0. The SMILES string of the molecule is CCc1ccccc1-n1c(SCC(=O)Nc2nnc(C)s2)nnc1-c1ccoc1C. The number of para-hydroxylation sites is 1. The maximum atomic E-state index is 12.4. The third kappa shape index (κ3) is 4.14. The van der Waals surface area contributed by atoms with Crippen LogP contribution in [-0.4, -0.2) is 36.6 Å². The number of nitrogens with zero attached hydrogens (tertiary/aromatic N) is 5. The number of benzene rings is 1. The van der Waals surface area contributed by atoms with Crippen molar-refractivity contribution in [1.82, 2.24) is 25.0 Å². The van der Waals surface area contributed by atoms with Gasteiger partial charge in [0.2, 0.25) is 11.0 Å². The molecule has 0 fully saturated rings. The van der Waals surface area contributed by atoms with E-state index in [0.29, 0.717) is 16.1 Å². The van der Waals surface area contributed by atoms with Crippen LogP contribution in [0.4, 0.5) is 5.13 Å². The fourth-order valence-corrected chi connectivity index (χ4v) is 4.39. The molecule has 1 aromatic carbocycles. The molecule has 0 saturated heterocycles. The zero-order chi connectivity index (χ0) is 21.1. The van der Waals surface area contributed by atoms with Crippen molar-refractivity contribution in [3.8, 4) is 17.1 Å². The second kappa shape index (κ2) is 8.80. The first-order valence-corrected chi connectivity index (χ1v) is 11.2. The molecule has 0 aliphatic carbocycles.